The van der Waals surface area contributed by atoms with E-state index in [1.54, 1.807) is 12.3 Å². The Bertz CT molecular complexity index is 951. The average Bonchev–Trinajstić information content (AvgIpc) is 3.20. The van der Waals surface area contributed by atoms with Crippen LogP contribution in [0.5, 0.6) is 0 Å². The van der Waals surface area contributed by atoms with Gasteiger partial charge in [0, 0.05) is 32.3 Å². The van der Waals surface area contributed by atoms with Crippen LogP contribution in [0, 0.1) is 11.6 Å². The van der Waals surface area contributed by atoms with E-state index in [1.165, 1.54) is 6.07 Å². The van der Waals surface area contributed by atoms with Gasteiger partial charge in [-0.1, -0.05) is 11.2 Å². The Balaban J connectivity index is 0.00000320. The number of hydrogen-bond donors (Lipinski definition) is 2. The Morgan fingerprint density at radius 1 is 1.13 bits per heavy atom. The molecule has 10 heteroatoms. The molecule has 2 aromatic heterocycles. The molecule has 0 radical (unpaired) electrons. The SMILES string of the molecule is CCNC(=NCCc1noc(-c2ccccn2)n1)NCCc1cc(F)ccc1F.I. The second kappa shape index (κ2) is 12.2. The van der Waals surface area contributed by atoms with Gasteiger partial charge in [0.25, 0.3) is 5.89 Å². The molecule has 0 aliphatic rings. The number of benzene rings is 1. The first-order chi connectivity index (χ1) is 14.2. The van der Waals surface area contributed by atoms with Crippen LogP contribution in [-0.2, 0) is 12.8 Å². The van der Waals surface area contributed by atoms with Gasteiger partial charge < -0.3 is 15.2 Å². The summed E-state index contributed by atoms with van der Waals surface area (Å²) in [6, 6.07) is 8.90. The van der Waals surface area contributed by atoms with E-state index in [9.17, 15) is 8.78 Å². The van der Waals surface area contributed by atoms with E-state index >= 15 is 0 Å². The van der Waals surface area contributed by atoms with Crippen molar-refractivity contribution >= 4 is 29.9 Å². The van der Waals surface area contributed by atoms with Crippen LogP contribution in [0.1, 0.15) is 18.3 Å². The number of hydrogen-bond acceptors (Lipinski definition) is 5. The molecule has 0 atom stereocenters. The topological polar surface area (TPSA) is 88.2 Å². The van der Waals surface area contributed by atoms with Gasteiger partial charge in [-0.3, -0.25) is 9.98 Å². The molecule has 0 spiro atoms. The molecule has 0 bridgehead atoms. The second-order valence-electron chi connectivity index (χ2n) is 6.15. The molecule has 0 fully saturated rings. The number of nitrogens with zero attached hydrogens (tertiary/aromatic N) is 4. The van der Waals surface area contributed by atoms with Crippen molar-refractivity contribution in [2.24, 2.45) is 4.99 Å². The number of halogens is 3. The van der Waals surface area contributed by atoms with Gasteiger partial charge in [0.15, 0.2) is 11.8 Å². The van der Waals surface area contributed by atoms with Crippen molar-refractivity contribution in [2.45, 2.75) is 19.8 Å². The lowest BCUT2D eigenvalue weighted by Crippen LogP contribution is -2.38. The molecular weight excluding hydrogens is 505 g/mol. The summed E-state index contributed by atoms with van der Waals surface area (Å²) in [5.41, 5.74) is 0.941. The Morgan fingerprint density at radius 3 is 2.77 bits per heavy atom. The van der Waals surface area contributed by atoms with Gasteiger partial charge in [-0.15, -0.1) is 24.0 Å². The highest BCUT2D eigenvalue weighted by Crippen LogP contribution is 2.13. The highest BCUT2D eigenvalue weighted by molar-refractivity contribution is 14.0. The Labute approximate surface area is 190 Å². The number of pyridine rings is 1. The van der Waals surface area contributed by atoms with Crippen LogP contribution >= 0.6 is 24.0 Å². The number of guanidine groups is 1. The summed E-state index contributed by atoms with van der Waals surface area (Å²) in [6.45, 7) is 3.47. The smallest absolute Gasteiger partial charge is 0.276 e. The third-order valence-electron chi connectivity index (χ3n) is 4.00. The zero-order chi connectivity index (χ0) is 20.5. The molecule has 0 aliphatic heterocycles. The largest absolute Gasteiger partial charge is 0.357 e. The Morgan fingerprint density at radius 2 is 2.00 bits per heavy atom. The van der Waals surface area contributed by atoms with E-state index < -0.39 is 11.6 Å². The summed E-state index contributed by atoms with van der Waals surface area (Å²) in [4.78, 5) is 12.9. The summed E-state index contributed by atoms with van der Waals surface area (Å²) in [7, 11) is 0. The van der Waals surface area contributed by atoms with Crippen molar-refractivity contribution < 1.29 is 13.3 Å². The van der Waals surface area contributed by atoms with Crippen molar-refractivity contribution in [2.75, 3.05) is 19.6 Å². The summed E-state index contributed by atoms with van der Waals surface area (Å²) in [5, 5.41) is 10.2. The molecule has 2 heterocycles. The number of nitrogens with one attached hydrogen (secondary N) is 2. The third-order valence-corrected chi connectivity index (χ3v) is 4.00. The molecule has 30 heavy (non-hydrogen) atoms. The van der Waals surface area contributed by atoms with Crippen LogP contribution in [0.4, 0.5) is 8.78 Å². The van der Waals surface area contributed by atoms with E-state index in [0.29, 0.717) is 61.4 Å². The fraction of sp³-hybridized carbons (Fsp3) is 0.300. The molecule has 2 N–H and O–H groups in total. The molecule has 1 aromatic carbocycles. The van der Waals surface area contributed by atoms with Gasteiger partial charge in [-0.25, -0.2) is 8.78 Å². The third kappa shape index (κ3) is 7.01. The quantitative estimate of drug-likeness (QED) is 0.265. The zero-order valence-corrected chi connectivity index (χ0v) is 18.8. The fourth-order valence-electron chi connectivity index (χ4n) is 2.61. The first-order valence-electron chi connectivity index (χ1n) is 9.36. The Hall–Kier alpha value is -2.63. The normalized spacial score (nSPS) is 11.1. The lowest BCUT2D eigenvalue weighted by molar-refractivity contribution is 0.421. The molecule has 7 nitrogen and oxygen atoms in total. The van der Waals surface area contributed by atoms with Crippen LogP contribution in [0.15, 0.2) is 52.1 Å². The van der Waals surface area contributed by atoms with Gasteiger partial charge in [0.05, 0.1) is 0 Å². The molecule has 160 valence electrons. The number of aromatic nitrogens is 3. The fourth-order valence-corrected chi connectivity index (χ4v) is 2.61. The predicted molar refractivity (Wildman–Crippen MR) is 121 cm³/mol. The molecule has 0 aliphatic carbocycles. The highest BCUT2D eigenvalue weighted by atomic mass is 127. The van der Waals surface area contributed by atoms with Gasteiger partial charge in [0.1, 0.15) is 17.3 Å². The maximum absolute atomic E-state index is 13.7. The number of rotatable bonds is 8. The number of aliphatic imine (C=N–C) groups is 1. The molecule has 0 unspecified atom stereocenters. The summed E-state index contributed by atoms with van der Waals surface area (Å²) in [5.74, 6) is 0.611. The first-order valence-corrected chi connectivity index (χ1v) is 9.36. The summed E-state index contributed by atoms with van der Waals surface area (Å²) in [6.07, 6.45) is 2.49. The van der Waals surface area contributed by atoms with Crippen molar-refractivity contribution in [1.82, 2.24) is 25.8 Å². The van der Waals surface area contributed by atoms with Gasteiger partial charge in [0.2, 0.25) is 0 Å². The van der Waals surface area contributed by atoms with Crippen LogP contribution in [0.3, 0.4) is 0 Å². The zero-order valence-electron chi connectivity index (χ0n) is 16.4. The minimum absolute atomic E-state index is 0. The van der Waals surface area contributed by atoms with Gasteiger partial charge >= 0.3 is 0 Å². The maximum atomic E-state index is 13.7. The molecule has 3 rings (SSSR count). The lowest BCUT2D eigenvalue weighted by Gasteiger charge is -2.11. The lowest BCUT2D eigenvalue weighted by atomic mass is 10.1. The Kier molecular flexibility index (Phi) is 9.58. The van der Waals surface area contributed by atoms with E-state index in [-0.39, 0.29) is 24.0 Å². The minimum Gasteiger partial charge on any atom is -0.357 e. The molecule has 0 saturated carbocycles. The second-order valence-corrected chi connectivity index (χ2v) is 6.15. The average molecular weight is 528 g/mol. The van der Waals surface area contributed by atoms with E-state index in [0.717, 1.165) is 12.1 Å². The molecule has 0 amide bonds. The van der Waals surface area contributed by atoms with Gasteiger partial charge in [-0.2, -0.15) is 4.98 Å². The van der Waals surface area contributed by atoms with Gasteiger partial charge in [-0.05, 0) is 49.2 Å². The van der Waals surface area contributed by atoms with Crippen molar-refractivity contribution in [1.29, 1.82) is 0 Å². The highest BCUT2D eigenvalue weighted by Gasteiger charge is 2.09. The van der Waals surface area contributed by atoms with E-state index in [4.69, 9.17) is 4.52 Å². The summed E-state index contributed by atoms with van der Waals surface area (Å²) < 4.78 is 32.2. The van der Waals surface area contributed by atoms with Crippen LogP contribution in [-0.4, -0.2) is 40.7 Å². The standard InChI is InChI=1S/C20H22F2N6O.HI/c1-2-23-20(25-11-8-14-13-15(21)6-7-16(14)22)26-12-9-18-27-19(29-28-18)17-5-3-4-10-24-17;/h3-7,10,13H,2,8-9,11-12H2,1H3,(H2,23,25,26);1H. The van der Waals surface area contributed by atoms with Crippen molar-refractivity contribution in [3.8, 4) is 11.6 Å². The van der Waals surface area contributed by atoms with E-state index in [2.05, 4.69) is 30.8 Å². The first kappa shape index (κ1) is 23.6. The monoisotopic (exact) mass is 528 g/mol. The van der Waals surface area contributed by atoms with Crippen molar-refractivity contribution in [3.63, 3.8) is 0 Å². The predicted octanol–water partition coefficient (Wildman–Crippen LogP) is 3.37. The van der Waals surface area contributed by atoms with Crippen LogP contribution in [0.2, 0.25) is 0 Å². The molecular formula is C20H23F2IN6O. The van der Waals surface area contributed by atoms with E-state index in [1.807, 2.05) is 19.1 Å². The molecule has 0 saturated heterocycles. The summed E-state index contributed by atoms with van der Waals surface area (Å²) >= 11 is 0. The molecule has 3 aromatic rings. The van der Waals surface area contributed by atoms with Crippen LogP contribution < -0.4 is 10.6 Å². The van der Waals surface area contributed by atoms with Crippen LogP contribution in [0.25, 0.3) is 11.6 Å². The minimum atomic E-state index is -0.452. The maximum Gasteiger partial charge on any atom is 0.276 e. The van der Waals surface area contributed by atoms with Crippen molar-refractivity contribution in [3.05, 3.63) is 65.6 Å².